The van der Waals surface area contributed by atoms with Crippen LogP contribution in [0.4, 0.5) is 14.5 Å². The van der Waals surface area contributed by atoms with Crippen molar-refractivity contribution in [2.75, 3.05) is 11.4 Å². The van der Waals surface area contributed by atoms with Crippen LogP contribution in [0.15, 0.2) is 16.6 Å². The quantitative estimate of drug-likeness (QED) is 0.782. The third kappa shape index (κ3) is 1.88. The lowest BCUT2D eigenvalue weighted by atomic mass is 10.2. The van der Waals surface area contributed by atoms with E-state index in [1.807, 2.05) is 0 Å². The fourth-order valence-electron chi connectivity index (χ4n) is 1.66. The predicted molar refractivity (Wildman–Crippen MR) is 58.4 cm³/mol. The van der Waals surface area contributed by atoms with Gasteiger partial charge in [-0.1, -0.05) is 0 Å². The van der Waals surface area contributed by atoms with Crippen LogP contribution in [0.25, 0.3) is 0 Å². The summed E-state index contributed by atoms with van der Waals surface area (Å²) in [7, 11) is 0. The van der Waals surface area contributed by atoms with Crippen LogP contribution in [0, 0.1) is 17.0 Å². The lowest BCUT2D eigenvalue weighted by Gasteiger charge is -2.18. The molecular formula is C10H9BrF2N2. The molecule has 0 spiro atoms. The molecule has 0 aromatic heterocycles. The van der Waals surface area contributed by atoms with E-state index in [1.165, 1.54) is 6.07 Å². The first kappa shape index (κ1) is 10.5. The van der Waals surface area contributed by atoms with Gasteiger partial charge in [-0.3, -0.25) is 5.41 Å². The maximum absolute atomic E-state index is 13.5. The Hall–Kier alpha value is -0.970. The van der Waals surface area contributed by atoms with E-state index in [2.05, 4.69) is 15.9 Å². The van der Waals surface area contributed by atoms with Gasteiger partial charge in [-0.25, -0.2) is 8.78 Å². The molecule has 15 heavy (non-hydrogen) atoms. The molecule has 0 amide bonds. The normalized spacial score (nSPS) is 16.2. The highest BCUT2D eigenvalue weighted by molar-refractivity contribution is 9.10. The van der Waals surface area contributed by atoms with Gasteiger partial charge in [0.25, 0.3) is 0 Å². The van der Waals surface area contributed by atoms with E-state index in [4.69, 9.17) is 5.41 Å². The average molecular weight is 275 g/mol. The zero-order chi connectivity index (χ0) is 11.0. The summed E-state index contributed by atoms with van der Waals surface area (Å²) in [5, 5.41) is 7.61. The Bertz CT molecular complexity index is 420. The van der Waals surface area contributed by atoms with Crippen LogP contribution in [0.2, 0.25) is 0 Å². The van der Waals surface area contributed by atoms with E-state index in [0.717, 1.165) is 12.5 Å². The minimum Gasteiger partial charge on any atom is -0.328 e. The van der Waals surface area contributed by atoms with Gasteiger partial charge in [0.2, 0.25) is 0 Å². The number of nitrogens with one attached hydrogen (secondary N) is 1. The maximum atomic E-state index is 13.5. The van der Waals surface area contributed by atoms with Gasteiger partial charge in [-0.05, 0) is 28.4 Å². The molecule has 0 unspecified atom stereocenters. The minimum absolute atomic E-state index is 0.221. The molecule has 1 aliphatic rings. The molecule has 0 radical (unpaired) electrons. The number of benzene rings is 1. The lowest BCUT2D eigenvalue weighted by Crippen LogP contribution is -2.24. The lowest BCUT2D eigenvalue weighted by molar-refractivity contribution is 0.579. The zero-order valence-corrected chi connectivity index (χ0v) is 9.44. The summed E-state index contributed by atoms with van der Waals surface area (Å²) in [6.07, 6.45) is 1.49. The van der Waals surface area contributed by atoms with Crippen molar-refractivity contribution in [3.8, 4) is 0 Å². The minimum atomic E-state index is -0.623. The smallest absolute Gasteiger partial charge is 0.149 e. The molecule has 0 atom stereocenters. The van der Waals surface area contributed by atoms with E-state index in [1.54, 1.807) is 4.90 Å². The van der Waals surface area contributed by atoms with Crippen molar-refractivity contribution in [3.05, 3.63) is 28.2 Å². The molecule has 1 N–H and O–H groups in total. The largest absolute Gasteiger partial charge is 0.328 e. The van der Waals surface area contributed by atoms with E-state index in [-0.39, 0.29) is 10.2 Å². The van der Waals surface area contributed by atoms with Gasteiger partial charge in [0, 0.05) is 19.0 Å². The topological polar surface area (TPSA) is 27.1 Å². The molecule has 0 saturated carbocycles. The highest BCUT2D eigenvalue weighted by Gasteiger charge is 2.22. The molecular weight excluding hydrogens is 266 g/mol. The standard InChI is InChI=1S/C10H9BrF2N2/c11-6-4-9(8(13)5-7(6)12)15-3-1-2-10(15)14/h4-5,14H,1-3H2. The van der Waals surface area contributed by atoms with Crippen molar-refractivity contribution in [1.82, 2.24) is 0 Å². The molecule has 0 bridgehead atoms. The first-order chi connectivity index (χ1) is 7.09. The Balaban J connectivity index is 2.43. The molecule has 2 rings (SSSR count). The summed E-state index contributed by atoms with van der Waals surface area (Å²) in [6, 6.07) is 2.22. The molecule has 1 saturated heterocycles. The number of hydrogen-bond donors (Lipinski definition) is 1. The third-order valence-corrected chi connectivity index (χ3v) is 3.01. The van der Waals surface area contributed by atoms with Gasteiger partial charge < -0.3 is 4.90 Å². The van der Waals surface area contributed by atoms with Crippen molar-refractivity contribution >= 4 is 27.5 Å². The molecule has 1 heterocycles. The van der Waals surface area contributed by atoms with E-state index < -0.39 is 11.6 Å². The second-order valence-corrected chi connectivity index (χ2v) is 4.27. The van der Waals surface area contributed by atoms with E-state index in [9.17, 15) is 8.78 Å². The second-order valence-electron chi connectivity index (χ2n) is 3.42. The molecule has 5 heteroatoms. The molecule has 0 aliphatic carbocycles. The Labute approximate surface area is 94.5 Å². The van der Waals surface area contributed by atoms with Crippen LogP contribution in [0.5, 0.6) is 0 Å². The van der Waals surface area contributed by atoms with Crippen LogP contribution in [-0.2, 0) is 0 Å². The number of anilines is 1. The first-order valence-corrected chi connectivity index (χ1v) is 5.38. The van der Waals surface area contributed by atoms with E-state index >= 15 is 0 Å². The van der Waals surface area contributed by atoms with Crippen molar-refractivity contribution in [1.29, 1.82) is 5.41 Å². The van der Waals surface area contributed by atoms with Crippen LogP contribution >= 0.6 is 15.9 Å². The average Bonchev–Trinajstić information content (AvgIpc) is 2.58. The number of halogens is 3. The van der Waals surface area contributed by atoms with Gasteiger partial charge in [0.15, 0.2) is 0 Å². The number of hydrogen-bond acceptors (Lipinski definition) is 1. The van der Waals surface area contributed by atoms with Gasteiger partial charge in [-0.2, -0.15) is 0 Å². The van der Waals surface area contributed by atoms with Crippen molar-refractivity contribution in [2.45, 2.75) is 12.8 Å². The molecule has 1 fully saturated rings. The summed E-state index contributed by atoms with van der Waals surface area (Å²) in [5.74, 6) is -0.864. The summed E-state index contributed by atoms with van der Waals surface area (Å²) >= 11 is 3.01. The van der Waals surface area contributed by atoms with Crippen LogP contribution < -0.4 is 4.90 Å². The fraction of sp³-hybridized carbons (Fsp3) is 0.300. The molecule has 2 nitrogen and oxygen atoms in total. The SMILES string of the molecule is N=C1CCCN1c1cc(Br)c(F)cc1F. The third-order valence-electron chi connectivity index (χ3n) is 2.40. The predicted octanol–water partition coefficient (Wildman–Crippen LogP) is 3.30. The van der Waals surface area contributed by atoms with Gasteiger partial charge in [0.05, 0.1) is 10.2 Å². The van der Waals surface area contributed by atoms with Crippen LogP contribution in [0.1, 0.15) is 12.8 Å². The second kappa shape index (κ2) is 3.89. The highest BCUT2D eigenvalue weighted by Crippen LogP contribution is 2.29. The van der Waals surface area contributed by atoms with Crippen LogP contribution in [0.3, 0.4) is 0 Å². The molecule has 80 valence electrons. The van der Waals surface area contributed by atoms with Gasteiger partial charge >= 0.3 is 0 Å². The van der Waals surface area contributed by atoms with Crippen LogP contribution in [-0.4, -0.2) is 12.4 Å². The first-order valence-electron chi connectivity index (χ1n) is 4.59. The Morgan fingerprint density at radius 3 is 2.60 bits per heavy atom. The van der Waals surface area contributed by atoms with Crippen molar-refractivity contribution < 1.29 is 8.78 Å². The van der Waals surface area contributed by atoms with Crippen molar-refractivity contribution in [2.24, 2.45) is 0 Å². The monoisotopic (exact) mass is 274 g/mol. The Kier molecular flexibility index (Phi) is 2.73. The number of nitrogens with zero attached hydrogens (tertiary/aromatic N) is 1. The summed E-state index contributed by atoms with van der Waals surface area (Å²) < 4.78 is 26.7. The number of rotatable bonds is 1. The summed E-state index contributed by atoms with van der Waals surface area (Å²) in [6.45, 7) is 0.619. The number of amidine groups is 1. The van der Waals surface area contributed by atoms with Crippen molar-refractivity contribution in [3.63, 3.8) is 0 Å². The Morgan fingerprint density at radius 1 is 1.27 bits per heavy atom. The van der Waals surface area contributed by atoms with Gasteiger partial charge in [-0.15, -0.1) is 0 Å². The van der Waals surface area contributed by atoms with E-state index in [0.29, 0.717) is 18.8 Å². The van der Waals surface area contributed by atoms with Gasteiger partial charge in [0.1, 0.15) is 17.5 Å². The molecule has 1 aromatic rings. The molecule has 1 aliphatic heterocycles. The highest BCUT2D eigenvalue weighted by atomic mass is 79.9. The summed E-state index contributed by atoms with van der Waals surface area (Å²) in [5.41, 5.74) is 0.269. The molecule has 1 aromatic carbocycles. The Morgan fingerprint density at radius 2 is 2.00 bits per heavy atom. The summed E-state index contributed by atoms with van der Waals surface area (Å²) in [4.78, 5) is 1.57. The maximum Gasteiger partial charge on any atom is 0.149 e. The zero-order valence-electron chi connectivity index (χ0n) is 7.86. The fourth-order valence-corrected chi connectivity index (χ4v) is 1.99.